The molecule has 132 valence electrons. The van der Waals surface area contributed by atoms with E-state index in [0.717, 1.165) is 25.5 Å². The van der Waals surface area contributed by atoms with Gasteiger partial charge in [-0.3, -0.25) is 4.90 Å². The molecule has 1 aliphatic rings. The third kappa shape index (κ3) is 3.64. The molecule has 2 aromatic rings. The predicted molar refractivity (Wildman–Crippen MR) is 92.8 cm³/mol. The number of likely N-dealkylation sites (N-methyl/N-ethyl adjacent to an activating group) is 1. The van der Waals surface area contributed by atoms with Crippen LogP contribution in [-0.2, 0) is 0 Å². The van der Waals surface area contributed by atoms with Gasteiger partial charge in [0.2, 0.25) is 0 Å². The first-order valence-corrected chi connectivity index (χ1v) is 8.22. The van der Waals surface area contributed by atoms with Gasteiger partial charge in [0.15, 0.2) is 0 Å². The number of benzene rings is 2. The zero-order valence-electron chi connectivity index (χ0n) is 14.0. The van der Waals surface area contributed by atoms with Crippen molar-refractivity contribution in [1.29, 1.82) is 0 Å². The summed E-state index contributed by atoms with van der Waals surface area (Å²) in [5.41, 5.74) is 1.02. The van der Waals surface area contributed by atoms with Crippen molar-refractivity contribution in [2.24, 2.45) is 0 Å². The summed E-state index contributed by atoms with van der Waals surface area (Å²) in [6.07, 6.45) is 0.867. The van der Waals surface area contributed by atoms with E-state index in [1.807, 2.05) is 7.05 Å². The third-order valence-electron chi connectivity index (χ3n) is 4.71. The third-order valence-corrected chi connectivity index (χ3v) is 4.71. The van der Waals surface area contributed by atoms with Crippen LogP contribution in [0, 0.1) is 11.6 Å². The van der Waals surface area contributed by atoms with Crippen molar-refractivity contribution >= 4 is 11.8 Å². The van der Waals surface area contributed by atoms with Crippen molar-refractivity contribution in [3.63, 3.8) is 0 Å². The lowest BCUT2D eigenvalue weighted by Crippen LogP contribution is -2.41. The summed E-state index contributed by atoms with van der Waals surface area (Å²) in [6, 6.07) is 10.2. The maximum absolute atomic E-state index is 14.2. The minimum Gasteiger partial charge on any atom is -0.465 e. The second-order valence-corrected chi connectivity index (χ2v) is 6.31. The van der Waals surface area contributed by atoms with Crippen LogP contribution >= 0.6 is 0 Å². The van der Waals surface area contributed by atoms with Gasteiger partial charge in [0, 0.05) is 29.8 Å². The predicted octanol–water partition coefficient (Wildman–Crippen LogP) is 4.21. The molecule has 0 unspecified atom stereocenters. The van der Waals surface area contributed by atoms with Gasteiger partial charge >= 0.3 is 6.09 Å². The Hall–Kier alpha value is -2.47. The maximum atomic E-state index is 14.2. The van der Waals surface area contributed by atoms with Crippen LogP contribution in [0.15, 0.2) is 42.5 Å². The molecule has 0 aromatic heterocycles. The molecule has 1 fully saturated rings. The molecule has 0 spiro atoms. The molecule has 2 aromatic carbocycles. The van der Waals surface area contributed by atoms with Crippen molar-refractivity contribution in [2.75, 3.05) is 25.0 Å². The van der Waals surface area contributed by atoms with Crippen LogP contribution in [0.3, 0.4) is 0 Å². The normalized spacial score (nSPS) is 17.6. The van der Waals surface area contributed by atoms with Gasteiger partial charge in [-0.1, -0.05) is 18.2 Å². The quantitative estimate of drug-likeness (QED) is 0.902. The zero-order valence-corrected chi connectivity index (χ0v) is 14.0. The smallest absolute Gasteiger partial charge is 0.411 e. The highest BCUT2D eigenvalue weighted by molar-refractivity contribution is 5.93. The summed E-state index contributed by atoms with van der Waals surface area (Å²) in [5.74, 6) is -1.38. The van der Waals surface area contributed by atoms with E-state index >= 15 is 0 Å². The number of hydrogen-bond donors (Lipinski definition) is 1. The standard InChI is InChI=1S/C19H20F2N2O2/c1-22-10-4-5-14(22)12-23(19(24)25)18-7-3-2-6-16(18)15-9-8-13(20)11-17(15)21/h2-3,6-9,11,14H,4-5,10,12H2,1H3,(H,24,25)/t14-/m0/s1. The summed E-state index contributed by atoms with van der Waals surface area (Å²) < 4.78 is 27.4. The van der Waals surface area contributed by atoms with Gasteiger partial charge in [0.05, 0.1) is 5.69 Å². The first-order chi connectivity index (χ1) is 12.0. The molecule has 1 amide bonds. The number of nitrogens with zero attached hydrogens (tertiary/aromatic N) is 2. The topological polar surface area (TPSA) is 43.8 Å². The Labute approximate surface area is 145 Å². The molecule has 0 aliphatic carbocycles. The van der Waals surface area contributed by atoms with Crippen LogP contribution in [0.2, 0.25) is 0 Å². The Morgan fingerprint density at radius 2 is 2.00 bits per heavy atom. The minimum atomic E-state index is -1.09. The summed E-state index contributed by atoms with van der Waals surface area (Å²) >= 11 is 0. The highest BCUT2D eigenvalue weighted by Crippen LogP contribution is 2.33. The molecule has 0 bridgehead atoms. The lowest BCUT2D eigenvalue weighted by Gasteiger charge is -2.28. The second-order valence-electron chi connectivity index (χ2n) is 6.31. The Morgan fingerprint density at radius 3 is 2.64 bits per heavy atom. The SMILES string of the molecule is CN1CCC[C@H]1CN(C(=O)O)c1ccccc1-c1ccc(F)cc1F. The molecule has 1 heterocycles. The van der Waals surface area contributed by atoms with Crippen molar-refractivity contribution in [1.82, 2.24) is 4.90 Å². The summed E-state index contributed by atoms with van der Waals surface area (Å²) in [5, 5.41) is 9.71. The molecule has 25 heavy (non-hydrogen) atoms. The summed E-state index contributed by atoms with van der Waals surface area (Å²) in [7, 11) is 1.98. The molecule has 1 atom stereocenters. The molecular formula is C19H20F2N2O2. The Bertz CT molecular complexity index is 782. The fourth-order valence-electron chi connectivity index (χ4n) is 3.34. The van der Waals surface area contributed by atoms with Crippen LogP contribution in [0.1, 0.15) is 12.8 Å². The fraction of sp³-hybridized carbons (Fsp3) is 0.316. The van der Waals surface area contributed by atoms with E-state index in [0.29, 0.717) is 17.8 Å². The van der Waals surface area contributed by atoms with E-state index in [1.54, 1.807) is 24.3 Å². The lowest BCUT2D eigenvalue weighted by molar-refractivity contribution is 0.198. The number of hydrogen-bond acceptors (Lipinski definition) is 2. The van der Waals surface area contributed by atoms with Crippen LogP contribution < -0.4 is 4.90 Å². The number of rotatable bonds is 4. The van der Waals surface area contributed by atoms with Crippen molar-refractivity contribution in [3.05, 3.63) is 54.1 Å². The largest absolute Gasteiger partial charge is 0.465 e. The van der Waals surface area contributed by atoms with Crippen LogP contribution in [-0.4, -0.2) is 42.3 Å². The first kappa shape index (κ1) is 17.4. The number of para-hydroxylation sites is 1. The summed E-state index contributed by atoms with van der Waals surface area (Å²) in [6.45, 7) is 1.25. The average molecular weight is 346 g/mol. The van der Waals surface area contributed by atoms with Gasteiger partial charge in [-0.15, -0.1) is 0 Å². The molecule has 1 N–H and O–H groups in total. The zero-order chi connectivity index (χ0) is 18.0. The van der Waals surface area contributed by atoms with Crippen molar-refractivity contribution in [2.45, 2.75) is 18.9 Å². The van der Waals surface area contributed by atoms with Crippen LogP contribution in [0.4, 0.5) is 19.3 Å². The van der Waals surface area contributed by atoms with E-state index < -0.39 is 17.7 Å². The molecule has 4 nitrogen and oxygen atoms in total. The first-order valence-electron chi connectivity index (χ1n) is 8.22. The molecule has 6 heteroatoms. The molecular weight excluding hydrogens is 326 g/mol. The van der Waals surface area contributed by atoms with Gasteiger partial charge in [-0.05, 0) is 44.6 Å². The number of halogens is 2. The Morgan fingerprint density at radius 1 is 1.24 bits per heavy atom. The molecule has 0 radical (unpaired) electrons. The number of likely N-dealkylation sites (tertiary alicyclic amines) is 1. The van der Waals surface area contributed by atoms with E-state index in [2.05, 4.69) is 4.90 Å². The number of anilines is 1. The van der Waals surface area contributed by atoms with Crippen LogP contribution in [0.5, 0.6) is 0 Å². The monoisotopic (exact) mass is 346 g/mol. The van der Waals surface area contributed by atoms with Gasteiger partial charge in [0.25, 0.3) is 0 Å². The van der Waals surface area contributed by atoms with Gasteiger partial charge in [0.1, 0.15) is 11.6 Å². The minimum absolute atomic E-state index is 0.127. The summed E-state index contributed by atoms with van der Waals surface area (Å²) in [4.78, 5) is 15.3. The van der Waals surface area contributed by atoms with E-state index in [1.165, 1.54) is 17.0 Å². The highest BCUT2D eigenvalue weighted by Gasteiger charge is 2.28. The Kier molecular flexibility index (Phi) is 4.99. The molecule has 0 saturated carbocycles. The number of amides is 1. The molecule has 3 rings (SSSR count). The van der Waals surface area contributed by atoms with Gasteiger partial charge in [-0.2, -0.15) is 0 Å². The van der Waals surface area contributed by atoms with Crippen molar-refractivity contribution < 1.29 is 18.7 Å². The Balaban J connectivity index is 2.01. The lowest BCUT2D eigenvalue weighted by atomic mass is 10.0. The molecule has 1 aliphatic heterocycles. The second kappa shape index (κ2) is 7.19. The average Bonchev–Trinajstić information content (AvgIpc) is 2.97. The van der Waals surface area contributed by atoms with Crippen molar-refractivity contribution in [3.8, 4) is 11.1 Å². The number of carbonyl (C=O) groups is 1. The van der Waals surface area contributed by atoms with Gasteiger partial charge < -0.3 is 10.0 Å². The highest BCUT2D eigenvalue weighted by atomic mass is 19.1. The van der Waals surface area contributed by atoms with E-state index in [-0.39, 0.29) is 11.6 Å². The van der Waals surface area contributed by atoms with Crippen LogP contribution in [0.25, 0.3) is 11.1 Å². The fourth-order valence-corrected chi connectivity index (χ4v) is 3.34. The maximum Gasteiger partial charge on any atom is 0.411 e. The number of carboxylic acid groups (broad SMARTS) is 1. The van der Waals surface area contributed by atoms with Gasteiger partial charge in [-0.25, -0.2) is 13.6 Å². The molecule has 1 saturated heterocycles. The van der Waals surface area contributed by atoms with E-state index in [9.17, 15) is 18.7 Å². The van der Waals surface area contributed by atoms with E-state index in [4.69, 9.17) is 0 Å².